The van der Waals surface area contributed by atoms with Gasteiger partial charge in [-0.1, -0.05) is 30.3 Å². The van der Waals surface area contributed by atoms with Crippen LogP contribution >= 0.6 is 11.3 Å². The van der Waals surface area contributed by atoms with Crippen LogP contribution in [-0.2, 0) is 0 Å². The van der Waals surface area contributed by atoms with Crippen LogP contribution in [0.25, 0.3) is 16.3 Å². The number of carbonyl (C=O) groups is 1. The number of nitro groups is 1. The molecule has 0 saturated heterocycles. The van der Waals surface area contributed by atoms with Crippen molar-refractivity contribution < 1.29 is 9.72 Å². The Kier molecular flexibility index (Phi) is 5.44. The molecule has 0 aliphatic carbocycles. The predicted molar refractivity (Wildman–Crippen MR) is 115 cm³/mol. The number of nitro benzene ring substituents is 1. The molecule has 2 aromatic carbocycles. The highest BCUT2D eigenvalue weighted by atomic mass is 32.1. The number of nitrogens with one attached hydrogen (secondary N) is 1. The van der Waals surface area contributed by atoms with Crippen LogP contribution in [-0.4, -0.2) is 26.8 Å². The number of hydrazone groups is 1. The van der Waals surface area contributed by atoms with Crippen molar-refractivity contribution in [2.24, 2.45) is 5.10 Å². The summed E-state index contributed by atoms with van der Waals surface area (Å²) in [7, 11) is 0. The molecule has 9 heteroatoms. The number of amides is 1. The third-order valence-corrected chi connectivity index (χ3v) is 5.08. The highest BCUT2D eigenvalue weighted by Gasteiger charge is 2.13. The van der Waals surface area contributed by atoms with Gasteiger partial charge in [0.2, 0.25) is 0 Å². The van der Waals surface area contributed by atoms with Crippen LogP contribution < -0.4 is 5.43 Å². The molecule has 4 aromatic rings. The smallest absolute Gasteiger partial charge is 0.267 e. The number of para-hydroxylation sites is 1. The van der Waals surface area contributed by atoms with Crippen molar-refractivity contribution in [1.29, 1.82) is 0 Å². The molecule has 4 rings (SSSR count). The average Bonchev–Trinajstić information content (AvgIpc) is 3.44. The van der Waals surface area contributed by atoms with Crippen LogP contribution in [0.3, 0.4) is 0 Å². The highest BCUT2D eigenvalue weighted by molar-refractivity contribution is 7.13. The van der Waals surface area contributed by atoms with Crippen LogP contribution in [0.1, 0.15) is 15.9 Å². The molecule has 0 aliphatic rings. The number of non-ortho nitro benzene ring substituents is 1. The number of aromatic nitrogens is 2. The lowest BCUT2D eigenvalue weighted by molar-refractivity contribution is -0.384. The second kappa shape index (κ2) is 8.50. The number of nitrogens with zero attached hydrogens (tertiary/aromatic N) is 4. The zero-order chi connectivity index (χ0) is 20.9. The molecule has 2 aromatic heterocycles. The Bertz CT molecular complexity index is 1220. The summed E-state index contributed by atoms with van der Waals surface area (Å²) >= 11 is 1.55. The van der Waals surface area contributed by atoms with Crippen molar-refractivity contribution in [3.8, 4) is 16.3 Å². The van der Waals surface area contributed by atoms with Gasteiger partial charge in [-0.2, -0.15) is 10.2 Å². The molecule has 30 heavy (non-hydrogen) atoms. The molecule has 1 N–H and O–H groups in total. The SMILES string of the molecule is O=C(NN=Cc1cn(-c2ccccc2)nc1-c1cccs1)c1cccc([N+](=O)[O-])c1. The van der Waals surface area contributed by atoms with Crippen molar-refractivity contribution in [2.45, 2.75) is 0 Å². The Labute approximate surface area is 175 Å². The van der Waals surface area contributed by atoms with Crippen LogP contribution in [0, 0.1) is 10.1 Å². The Morgan fingerprint density at radius 1 is 1.13 bits per heavy atom. The van der Waals surface area contributed by atoms with E-state index in [1.54, 1.807) is 16.0 Å². The molecule has 0 spiro atoms. The summed E-state index contributed by atoms with van der Waals surface area (Å²) in [5.74, 6) is -0.539. The molecule has 0 aliphatic heterocycles. The minimum Gasteiger partial charge on any atom is -0.267 e. The molecule has 0 bridgehead atoms. The largest absolute Gasteiger partial charge is 0.271 e. The maximum absolute atomic E-state index is 12.3. The van der Waals surface area contributed by atoms with Gasteiger partial charge in [0.15, 0.2) is 0 Å². The number of rotatable bonds is 6. The number of thiophene rings is 1. The summed E-state index contributed by atoms with van der Waals surface area (Å²) < 4.78 is 1.75. The fourth-order valence-electron chi connectivity index (χ4n) is 2.79. The molecule has 148 valence electrons. The second-order valence-electron chi connectivity index (χ2n) is 6.20. The van der Waals surface area contributed by atoms with Gasteiger partial charge in [0.25, 0.3) is 11.6 Å². The van der Waals surface area contributed by atoms with Crippen molar-refractivity contribution in [3.63, 3.8) is 0 Å². The summed E-state index contributed by atoms with van der Waals surface area (Å²) in [6.07, 6.45) is 3.34. The molecule has 0 atom stereocenters. The van der Waals surface area contributed by atoms with E-state index < -0.39 is 10.8 Å². The van der Waals surface area contributed by atoms with Gasteiger partial charge in [-0.15, -0.1) is 11.3 Å². The normalized spacial score (nSPS) is 10.9. The molecule has 2 heterocycles. The van der Waals surface area contributed by atoms with Gasteiger partial charge in [-0.05, 0) is 29.6 Å². The van der Waals surface area contributed by atoms with Crippen LogP contribution in [0.15, 0.2) is 83.4 Å². The van der Waals surface area contributed by atoms with E-state index in [0.717, 1.165) is 21.8 Å². The maximum Gasteiger partial charge on any atom is 0.271 e. The number of hydrogen-bond donors (Lipinski definition) is 1. The lowest BCUT2D eigenvalue weighted by Crippen LogP contribution is -2.17. The topological polar surface area (TPSA) is 102 Å². The standard InChI is InChI=1S/C21H15N5O3S/c27-21(15-6-4-9-18(12-15)26(28)29)23-22-13-16-14-25(17-7-2-1-3-8-17)24-20(16)19-10-5-11-30-19/h1-14H,(H,23,27). The van der Waals surface area contributed by atoms with E-state index in [1.165, 1.54) is 30.5 Å². The molecule has 0 fully saturated rings. The Morgan fingerprint density at radius 3 is 2.70 bits per heavy atom. The summed E-state index contributed by atoms with van der Waals surface area (Å²) in [5, 5.41) is 21.5. The summed E-state index contributed by atoms with van der Waals surface area (Å²) in [6.45, 7) is 0. The lowest BCUT2D eigenvalue weighted by Gasteiger charge is -1.99. The minimum absolute atomic E-state index is 0.153. The van der Waals surface area contributed by atoms with E-state index in [9.17, 15) is 14.9 Å². The molecule has 8 nitrogen and oxygen atoms in total. The third-order valence-electron chi connectivity index (χ3n) is 4.21. The van der Waals surface area contributed by atoms with E-state index >= 15 is 0 Å². The lowest BCUT2D eigenvalue weighted by atomic mass is 10.2. The second-order valence-corrected chi connectivity index (χ2v) is 7.14. The first-order valence-electron chi connectivity index (χ1n) is 8.88. The van der Waals surface area contributed by atoms with Gasteiger partial charge in [-0.3, -0.25) is 14.9 Å². The van der Waals surface area contributed by atoms with Gasteiger partial charge < -0.3 is 0 Å². The van der Waals surface area contributed by atoms with E-state index in [-0.39, 0.29) is 11.3 Å². The molecule has 0 unspecified atom stereocenters. The Morgan fingerprint density at radius 2 is 1.97 bits per heavy atom. The number of carbonyl (C=O) groups excluding carboxylic acids is 1. The Hall–Kier alpha value is -4.11. The predicted octanol–water partition coefficient (Wildman–Crippen LogP) is 4.27. The molecule has 1 amide bonds. The quantitative estimate of drug-likeness (QED) is 0.287. The fraction of sp³-hybridized carbons (Fsp3) is 0. The maximum atomic E-state index is 12.3. The first kappa shape index (κ1) is 19.2. The molecular weight excluding hydrogens is 402 g/mol. The van der Waals surface area contributed by atoms with Crippen molar-refractivity contribution in [3.05, 3.63) is 99.5 Å². The Balaban J connectivity index is 1.58. The zero-order valence-electron chi connectivity index (χ0n) is 15.5. The van der Waals surface area contributed by atoms with Crippen molar-refractivity contribution in [1.82, 2.24) is 15.2 Å². The van der Waals surface area contributed by atoms with Gasteiger partial charge in [0.05, 0.1) is 21.7 Å². The van der Waals surface area contributed by atoms with Gasteiger partial charge >= 0.3 is 0 Å². The number of benzene rings is 2. The van der Waals surface area contributed by atoms with Gasteiger partial charge in [-0.25, -0.2) is 10.1 Å². The first-order valence-corrected chi connectivity index (χ1v) is 9.76. The average molecular weight is 417 g/mol. The van der Waals surface area contributed by atoms with Crippen LogP contribution in [0.2, 0.25) is 0 Å². The van der Waals surface area contributed by atoms with E-state index in [4.69, 9.17) is 0 Å². The monoisotopic (exact) mass is 417 g/mol. The zero-order valence-corrected chi connectivity index (χ0v) is 16.3. The summed E-state index contributed by atoms with van der Waals surface area (Å²) in [5.41, 5.74) is 4.76. The van der Waals surface area contributed by atoms with Crippen molar-refractivity contribution >= 4 is 29.1 Å². The summed E-state index contributed by atoms with van der Waals surface area (Å²) in [6, 6.07) is 19.0. The van der Waals surface area contributed by atoms with Crippen molar-refractivity contribution in [2.75, 3.05) is 0 Å². The van der Waals surface area contributed by atoms with Gasteiger partial charge in [0, 0.05) is 29.5 Å². The van der Waals surface area contributed by atoms with Crippen LogP contribution in [0.5, 0.6) is 0 Å². The molecule has 0 radical (unpaired) electrons. The van der Waals surface area contributed by atoms with E-state index in [1.807, 2.05) is 54.0 Å². The third kappa shape index (κ3) is 4.15. The molecular formula is C21H15N5O3S. The first-order chi connectivity index (χ1) is 14.6. The number of hydrogen-bond acceptors (Lipinski definition) is 6. The minimum atomic E-state index is -0.550. The van der Waals surface area contributed by atoms with Crippen LogP contribution in [0.4, 0.5) is 5.69 Å². The fourth-order valence-corrected chi connectivity index (χ4v) is 3.52. The summed E-state index contributed by atoms with van der Waals surface area (Å²) in [4.78, 5) is 23.6. The van der Waals surface area contributed by atoms with Gasteiger partial charge in [0.1, 0.15) is 5.69 Å². The van der Waals surface area contributed by atoms with E-state index in [2.05, 4.69) is 15.6 Å². The highest BCUT2D eigenvalue weighted by Crippen LogP contribution is 2.26. The van der Waals surface area contributed by atoms with E-state index in [0.29, 0.717) is 0 Å². The molecule has 0 saturated carbocycles.